The zero-order chi connectivity index (χ0) is 11.8. The van der Waals surface area contributed by atoms with E-state index in [0.29, 0.717) is 17.1 Å². The second kappa shape index (κ2) is 4.34. The van der Waals surface area contributed by atoms with Gasteiger partial charge in [0.05, 0.1) is 0 Å². The number of aryl methyl sites for hydroxylation is 1. The van der Waals surface area contributed by atoms with Crippen molar-refractivity contribution < 1.29 is 4.39 Å². The molecule has 1 aliphatic carbocycles. The topological polar surface area (TPSA) is 26.0 Å². The van der Waals surface area contributed by atoms with Crippen LogP contribution in [0.2, 0.25) is 5.02 Å². The molecule has 1 nitrogen and oxygen atoms in total. The van der Waals surface area contributed by atoms with Gasteiger partial charge in [-0.2, -0.15) is 0 Å². The van der Waals surface area contributed by atoms with E-state index >= 15 is 0 Å². The molecule has 0 amide bonds. The molecular formula is C13H17ClFN. The summed E-state index contributed by atoms with van der Waals surface area (Å²) >= 11 is 6.08. The summed E-state index contributed by atoms with van der Waals surface area (Å²) in [6.07, 6.45) is 4.20. The Hall–Kier alpha value is -0.600. The Kier molecular flexibility index (Phi) is 3.22. The molecule has 2 rings (SSSR count). The molecule has 16 heavy (non-hydrogen) atoms. The van der Waals surface area contributed by atoms with E-state index in [2.05, 4.69) is 0 Å². The molecule has 1 aliphatic rings. The molecule has 0 aliphatic heterocycles. The van der Waals surface area contributed by atoms with Crippen LogP contribution in [-0.2, 0) is 5.41 Å². The first-order chi connectivity index (χ1) is 7.59. The van der Waals surface area contributed by atoms with Crippen molar-refractivity contribution in [3.05, 3.63) is 34.1 Å². The standard InChI is InChI=1S/C13H17ClFN/c1-9-6-12(15)10(7-11(9)14)13(8-16)4-2-3-5-13/h6-7H,2-5,8,16H2,1H3. The molecule has 88 valence electrons. The van der Waals surface area contributed by atoms with E-state index < -0.39 is 0 Å². The highest BCUT2D eigenvalue weighted by Crippen LogP contribution is 2.42. The highest BCUT2D eigenvalue weighted by molar-refractivity contribution is 6.31. The maximum atomic E-state index is 14.0. The van der Waals surface area contributed by atoms with E-state index in [4.69, 9.17) is 17.3 Å². The number of hydrogen-bond donors (Lipinski definition) is 1. The molecule has 0 saturated heterocycles. The van der Waals surface area contributed by atoms with E-state index in [1.807, 2.05) is 6.92 Å². The number of hydrogen-bond acceptors (Lipinski definition) is 1. The van der Waals surface area contributed by atoms with Crippen LogP contribution in [0.15, 0.2) is 12.1 Å². The van der Waals surface area contributed by atoms with Crippen LogP contribution in [0.3, 0.4) is 0 Å². The molecule has 1 fully saturated rings. The second-order valence-electron chi connectivity index (χ2n) is 4.77. The van der Waals surface area contributed by atoms with Crippen LogP contribution in [-0.4, -0.2) is 6.54 Å². The Balaban J connectivity index is 2.50. The molecule has 0 bridgehead atoms. The maximum Gasteiger partial charge on any atom is 0.127 e. The Bertz CT molecular complexity index is 397. The minimum absolute atomic E-state index is 0.158. The van der Waals surface area contributed by atoms with Crippen LogP contribution < -0.4 is 5.73 Å². The van der Waals surface area contributed by atoms with Crippen molar-refractivity contribution in [2.24, 2.45) is 5.73 Å². The number of nitrogens with two attached hydrogens (primary N) is 1. The molecule has 1 aromatic rings. The van der Waals surface area contributed by atoms with Gasteiger partial charge in [-0.3, -0.25) is 0 Å². The highest BCUT2D eigenvalue weighted by atomic mass is 35.5. The Labute approximate surface area is 101 Å². The summed E-state index contributed by atoms with van der Waals surface area (Å²) in [5.74, 6) is -0.158. The summed E-state index contributed by atoms with van der Waals surface area (Å²) in [5.41, 5.74) is 7.17. The van der Waals surface area contributed by atoms with Crippen molar-refractivity contribution >= 4 is 11.6 Å². The average molecular weight is 242 g/mol. The predicted octanol–water partition coefficient (Wildman–Crippen LogP) is 3.56. The Morgan fingerprint density at radius 2 is 2.00 bits per heavy atom. The van der Waals surface area contributed by atoms with Crippen LogP contribution in [0, 0.1) is 12.7 Å². The van der Waals surface area contributed by atoms with Crippen LogP contribution in [0.1, 0.15) is 36.8 Å². The predicted molar refractivity (Wildman–Crippen MR) is 65.3 cm³/mol. The largest absolute Gasteiger partial charge is 0.330 e. The summed E-state index contributed by atoms with van der Waals surface area (Å²) in [5, 5.41) is 0.635. The van der Waals surface area contributed by atoms with Gasteiger partial charge in [0.25, 0.3) is 0 Å². The molecule has 0 heterocycles. The van der Waals surface area contributed by atoms with Crippen molar-refractivity contribution in [1.29, 1.82) is 0 Å². The monoisotopic (exact) mass is 241 g/mol. The Morgan fingerprint density at radius 3 is 2.56 bits per heavy atom. The first-order valence-electron chi connectivity index (χ1n) is 5.75. The van der Waals surface area contributed by atoms with Crippen LogP contribution in [0.25, 0.3) is 0 Å². The minimum Gasteiger partial charge on any atom is -0.330 e. The van der Waals surface area contributed by atoms with Gasteiger partial charge in [0.2, 0.25) is 0 Å². The second-order valence-corrected chi connectivity index (χ2v) is 5.18. The third kappa shape index (κ3) is 1.85. The highest BCUT2D eigenvalue weighted by Gasteiger charge is 2.36. The van der Waals surface area contributed by atoms with Crippen LogP contribution in [0.4, 0.5) is 4.39 Å². The third-order valence-corrected chi connectivity index (χ3v) is 4.18. The molecule has 0 radical (unpaired) electrons. The summed E-state index contributed by atoms with van der Waals surface area (Å²) in [6.45, 7) is 2.32. The van der Waals surface area contributed by atoms with Gasteiger partial charge in [-0.15, -0.1) is 0 Å². The SMILES string of the molecule is Cc1cc(F)c(C2(CN)CCCC2)cc1Cl. The number of halogens is 2. The van der Waals surface area contributed by atoms with Crippen molar-refractivity contribution in [3.63, 3.8) is 0 Å². The van der Waals surface area contributed by atoms with Crippen molar-refractivity contribution in [3.8, 4) is 0 Å². The van der Waals surface area contributed by atoms with E-state index in [1.54, 1.807) is 6.07 Å². The lowest BCUT2D eigenvalue weighted by molar-refractivity contribution is 0.426. The normalized spacial score (nSPS) is 19.0. The first kappa shape index (κ1) is 11.9. The number of rotatable bonds is 2. The fourth-order valence-corrected chi connectivity index (χ4v) is 2.85. The fraction of sp³-hybridized carbons (Fsp3) is 0.538. The smallest absolute Gasteiger partial charge is 0.127 e. The fourth-order valence-electron chi connectivity index (χ4n) is 2.69. The molecule has 1 aromatic carbocycles. The summed E-state index contributed by atoms with van der Waals surface area (Å²) in [7, 11) is 0. The molecule has 0 unspecified atom stereocenters. The van der Waals surface area contributed by atoms with Gasteiger partial charge in [0.1, 0.15) is 5.82 Å². The summed E-state index contributed by atoms with van der Waals surface area (Å²) < 4.78 is 14.0. The van der Waals surface area contributed by atoms with Crippen molar-refractivity contribution in [2.45, 2.75) is 38.0 Å². The van der Waals surface area contributed by atoms with E-state index in [1.165, 1.54) is 6.07 Å². The van der Waals surface area contributed by atoms with Crippen molar-refractivity contribution in [1.82, 2.24) is 0 Å². The van der Waals surface area contributed by atoms with Gasteiger partial charge < -0.3 is 5.73 Å². The summed E-state index contributed by atoms with van der Waals surface area (Å²) in [6, 6.07) is 3.29. The van der Waals surface area contributed by atoms with Crippen LogP contribution >= 0.6 is 11.6 Å². The molecule has 0 atom stereocenters. The van der Waals surface area contributed by atoms with E-state index in [0.717, 1.165) is 31.2 Å². The van der Waals surface area contributed by atoms with Gasteiger partial charge >= 0.3 is 0 Å². The zero-order valence-corrected chi connectivity index (χ0v) is 10.3. The average Bonchev–Trinajstić information content (AvgIpc) is 2.73. The molecule has 2 N–H and O–H groups in total. The van der Waals surface area contributed by atoms with E-state index in [9.17, 15) is 4.39 Å². The number of benzene rings is 1. The lowest BCUT2D eigenvalue weighted by atomic mass is 9.78. The summed E-state index contributed by atoms with van der Waals surface area (Å²) in [4.78, 5) is 0. The minimum atomic E-state index is -0.179. The maximum absolute atomic E-state index is 14.0. The van der Waals surface area contributed by atoms with Gasteiger partial charge in [0.15, 0.2) is 0 Å². The van der Waals surface area contributed by atoms with Crippen molar-refractivity contribution in [2.75, 3.05) is 6.54 Å². The Morgan fingerprint density at radius 1 is 1.38 bits per heavy atom. The van der Waals surface area contributed by atoms with Gasteiger partial charge in [-0.25, -0.2) is 4.39 Å². The molecule has 0 aromatic heterocycles. The lowest BCUT2D eigenvalue weighted by Crippen LogP contribution is -2.33. The van der Waals surface area contributed by atoms with Gasteiger partial charge in [-0.1, -0.05) is 24.4 Å². The lowest BCUT2D eigenvalue weighted by Gasteiger charge is -2.28. The van der Waals surface area contributed by atoms with Gasteiger partial charge in [0, 0.05) is 17.0 Å². The quantitative estimate of drug-likeness (QED) is 0.842. The molecule has 1 saturated carbocycles. The third-order valence-electron chi connectivity index (χ3n) is 3.77. The van der Waals surface area contributed by atoms with E-state index in [-0.39, 0.29) is 11.2 Å². The van der Waals surface area contributed by atoms with Crippen LogP contribution in [0.5, 0.6) is 0 Å². The van der Waals surface area contributed by atoms with Gasteiger partial charge in [-0.05, 0) is 43.0 Å². The first-order valence-corrected chi connectivity index (χ1v) is 6.13. The molecule has 3 heteroatoms. The molecule has 0 spiro atoms. The molecular weight excluding hydrogens is 225 g/mol. The zero-order valence-electron chi connectivity index (χ0n) is 9.52.